The Balaban J connectivity index is 2.05. The summed E-state index contributed by atoms with van der Waals surface area (Å²) in [5.41, 5.74) is 6.88. The van der Waals surface area contributed by atoms with Gasteiger partial charge in [0.2, 0.25) is 0 Å². The zero-order valence-electron chi connectivity index (χ0n) is 10.2. The maximum atomic E-state index is 13.5. The molecule has 0 aromatic heterocycles. The van der Waals surface area contributed by atoms with Crippen molar-refractivity contribution in [1.82, 2.24) is 0 Å². The summed E-state index contributed by atoms with van der Waals surface area (Å²) in [4.78, 5) is 0. The van der Waals surface area contributed by atoms with Gasteiger partial charge >= 0.3 is 0 Å². The second-order valence-corrected chi connectivity index (χ2v) is 4.51. The van der Waals surface area contributed by atoms with Crippen LogP contribution in [0.4, 0.5) is 13.2 Å². The number of halogens is 3. The highest BCUT2D eigenvalue weighted by Gasteiger charge is 2.12. The van der Waals surface area contributed by atoms with Crippen molar-refractivity contribution >= 4 is 0 Å². The molecule has 0 radical (unpaired) electrons. The minimum Gasteiger partial charge on any atom is -0.327 e. The predicted molar refractivity (Wildman–Crippen MR) is 68.1 cm³/mol. The van der Waals surface area contributed by atoms with Crippen molar-refractivity contribution < 1.29 is 13.2 Å². The summed E-state index contributed by atoms with van der Waals surface area (Å²) in [6.45, 7) is 0. The largest absolute Gasteiger partial charge is 0.327 e. The Morgan fingerprint density at radius 2 is 1.68 bits per heavy atom. The van der Waals surface area contributed by atoms with Gasteiger partial charge in [-0.05, 0) is 42.2 Å². The van der Waals surface area contributed by atoms with Crippen LogP contribution in [0.1, 0.15) is 11.1 Å². The molecule has 0 saturated carbocycles. The summed E-state index contributed by atoms with van der Waals surface area (Å²) in [7, 11) is 0. The third kappa shape index (κ3) is 3.58. The van der Waals surface area contributed by atoms with Crippen molar-refractivity contribution in [3.05, 3.63) is 71.0 Å². The van der Waals surface area contributed by atoms with Crippen LogP contribution in [0.3, 0.4) is 0 Å². The summed E-state index contributed by atoms with van der Waals surface area (Å²) in [6, 6.07) is 9.72. The van der Waals surface area contributed by atoms with E-state index in [1.807, 2.05) is 0 Å². The smallest absolute Gasteiger partial charge is 0.162 e. The van der Waals surface area contributed by atoms with Crippen LogP contribution in [0.25, 0.3) is 0 Å². The minimum absolute atomic E-state index is 0.208. The monoisotopic (exact) mass is 265 g/mol. The lowest BCUT2D eigenvalue weighted by molar-refractivity contribution is 0.492. The summed E-state index contributed by atoms with van der Waals surface area (Å²) in [5.74, 6) is -2.07. The average molecular weight is 265 g/mol. The first-order valence-electron chi connectivity index (χ1n) is 5.99. The van der Waals surface area contributed by atoms with Gasteiger partial charge < -0.3 is 5.73 Å². The molecule has 100 valence electrons. The molecule has 0 aliphatic rings. The number of hydrogen-bond acceptors (Lipinski definition) is 1. The van der Waals surface area contributed by atoms with Crippen molar-refractivity contribution in [2.24, 2.45) is 5.73 Å². The quantitative estimate of drug-likeness (QED) is 0.902. The fourth-order valence-corrected chi connectivity index (χ4v) is 2.03. The van der Waals surface area contributed by atoms with E-state index in [9.17, 15) is 13.2 Å². The Bertz CT molecular complexity index is 569. The highest BCUT2D eigenvalue weighted by Crippen LogP contribution is 2.14. The molecule has 0 aliphatic heterocycles. The second-order valence-electron chi connectivity index (χ2n) is 4.51. The van der Waals surface area contributed by atoms with Crippen molar-refractivity contribution in [1.29, 1.82) is 0 Å². The highest BCUT2D eigenvalue weighted by atomic mass is 19.2. The van der Waals surface area contributed by atoms with Gasteiger partial charge in [0.05, 0.1) is 0 Å². The van der Waals surface area contributed by atoms with Crippen LogP contribution in [0.5, 0.6) is 0 Å². The molecule has 2 aromatic carbocycles. The lowest BCUT2D eigenvalue weighted by Gasteiger charge is -2.12. The van der Waals surface area contributed by atoms with Crippen LogP contribution in [-0.4, -0.2) is 6.04 Å². The van der Waals surface area contributed by atoms with Crippen LogP contribution in [0, 0.1) is 17.5 Å². The van der Waals surface area contributed by atoms with Gasteiger partial charge in [0.25, 0.3) is 0 Å². The van der Waals surface area contributed by atoms with E-state index in [2.05, 4.69) is 0 Å². The summed E-state index contributed by atoms with van der Waals surface area (Å²) >= 11 is 0. The van der Waals surface area contributed by atoms with E-state index in [0.717, 1.165) is 11.6 Å². The van der Waals surface area contributed by atoms with E-state index in [1.165, 1.54) is 24.3 Å². The minimum atomic E-state index is -0.879. The molecule has 0 fully saturated rings. The van der Waals surface area contributed by atoms with Crippen LogP contribution in [0.2, 0.25) is 0 Å². The van der Waals surface area contributed by atoms with Crippen molar-refractivity contribution in [2.75, 3.05) is 0 Å². The van der Waals surface area contributed by atoms with Crippen LogP contribution in [-0.2, 0) is 12.8 Å². The van der Waals surface area contributed by atoms with E-state index in [-0.39, 0.29) is 17.8 Å². The van der Waals surface area contributed by atoms with Crippen molar-refractivity contribution in [2.45, 2.75) is 18.9 Å². The number of benzene rings is 2. The fraction of sp³-hybridized carbons (Fsp3) is 0.200. The maximum absolute atomic E-state index is 13.5. The first-order chi connectivity index (χ1) is 9.06. The molecule has 2 rings (SSSR count). The molecule has 1 atom stereocenters. The van der Waals surface area contributed by atoms with E-state index >= 15 is 0 Å². The van der Waals surface area contributed by atoms with Gasteiger partial charge in [0.1, 0.15) is 5.82 Å². The number of nitrogens with two attached hydrogens (primary N) is 1. The van der Waals surface area contributed by atoms with Crippen LogP contribution < -0.4 is 5.73 Å². The first kappa shape index (κ1) is 13.6. The molecule has 1 nitrogen and oxygen atoms in total. The number of rotatable bonds is 4. The van der Waals surface area contributed by atoms with E-state index in [1.54, 1.807) is 12.1 Å². The third-order valence-electron chi connectivity index (χ3n) is 2.90. The van der Waals surface area contributed by atoms with E-state index < -0.39 is 17.7 Å². The first-order valence-corrected chi connectivity index (χ1v) is 5.99. The molecule has 0 aliphatic carbocycles. The molecule has 4 heteroatoms. The summed E-state index contributed by atoms with van der Waals surface area (Å²) in [5, 5.41) is 0. The molecule has 19 heavy (non-hydrogen) atoms. The normalized spacial score (nSPS) is 12.4. The molecule has 2 N–H and O–H groups in total. The topological polar surface area (TPSA) is 26.0 Å². The molecule has 2 aromatic rings. The Hall–Kier alpha value is -1.81. The average Bonchev–Trinajstić information content (AvgIpc) is 2.35. The maximum Gasteiger partial charge on any atom is 0.162 e. The van der Waals surface area contributed by atoms with Gasteiger partial charge in [-0.3, -0.25) is 0 Å². The SMILES string of the molecule is NC(Cc1cccc(F)c1)Cc1cccc(F)c1F. The lowest BCUT2D eigenvalue weighted by Crippen LogP contribution is -2.26. The Morgan fingerprint density at radius 3 is 2.42 bits per heavy atom. The molecule has 0 bridgehead atoms. The second kappa shape index (κ2) is 5.89. The Labute approximate surface area is 109 Å². The molecular weight excluding hydrogens is 251 g/mol. The van der Waals surface area contributed by atoms with E-state index in [0.29, 0.717) is 6.42 Å². The van der Waals surface area contributed by atoms with Crippen molar-refractivity contribution in [3.8, 4) is 0 Å². The summed E-state index contributed by atoms with van der Waals surface area (Å²) < 4.78 is 39.5. The van der Waals surface area contributed by atoms with Gasteiger partial charge in [-0.2, -0.15) is 0 Å². The molecular formula is C15H14F3N. The zero-order valence-corrected chi connectivity index (χ0v) is 10.2. The fourth-order valence-electron chi connectivity index (χ4n) is 2.03. The summed E-state index contributed by atoms with van der Waals surface area (Å²) in [6.07, 6.45) is 0.619. The van der Waals surface area contributed by atoms with Gasteiger partial charge in [0.15, 0.2) is 11.6 Å². The van der Waals surface area contributed by atoms with Gasteiger partial charge in [0, 0.05) is 6.04 Å². The zero-order chi connectivity index (χ0) is 13.8. The van der Waals surface area contributed by atoms with Crippen LogP contribution in [0.15, 0.2) is 42.5 Å². The molecule has 0 saturated heterocycles. The van der Waals surface area contributed by atoms with Gasteiger partial charge in [-0.15, -0.1) is 0 Å². The van der Waals surface area contributed by atoms with Gasteiger partial charge in [-0.1, -0.05) is 24.3 Å². The molecule has 0 heterocycles. The molecule has 0 amide bonds. The van der Waals surface area contributed by atoms with Crippen LogP contribution >= 0.6 is 0 Å². The van der Waals surface area contributed by atoms with Gasteiger partial charge in [-0.25, -0.2) is 13.2 Å². The number of hydrogen-bond donors (Lipinski definition) is 1. The molecule has 0 spiro atoms. The standard InChI is InChI=1S/C15H14F3N/c16-12-5-1-3-10(7-12)8-13(19)9-11-4-2-6-14(17)15(11)18/h1-7,13H,8-9,19H2. The highest BCUT2D eigenvalue weighted by molar-refractivity contribution is 5.22. The lowest BCUT2D eigenvalue weighted by atomic mass is 9.99. The predicted octanol–water partition coefficient (Wildman–Crippen LogP) is 3.22. The van der Waals surface area contributed by atoms with E-state index in [4.69, 9.17) is 5.73 Å². The Kier molecular flexibility index (Phi) is 4.22. The van der Waals surface area contributed by atoms with Crippen molar-refractivity contribution in [3.63, 3.8) is 0 Å². The molecule has 1 unspecified atom stereocenters. The Morgan fingerprint density at radius 1 is 0.947 bits per heavy atom. The third-order valence-corrected chi connectivity index (χ3v) is 2.90.